The van der Waals surface area contributed by atoms with Crippen molar-refractivity contribution in [1.29, 1.82) is 0 Å². The molecule has 2 aromatic rings. The summed E-state index contributed by atoms with van der Waals surface area (Å²) in [5.74, 6) is 1.60. The van der Waals surface area contributed by atoms with Gasteiger partial charge in [-0.1, -0.05) is 17.4 Å². The van der Waals surface area contributed by atoms with E-state index in [4.69, 9.17) is 14.2 Å². The van der Waals surface area contributed by atoms with E-state index >= 15 is 0 Å². The highest BCUT2D eigenvalue weighted by Gasteiger charge is 2.24. The first-order valence-corrected chi connectivity index (χ1v) is 10.6. The van der Waals surface area contributed by atoms with Gasteiger partial charge in [-0.05, 0) is 36.8 Å². The quantitative estimate of drug-likeness (QED) is 0.821. The van der Waals surface area contributed by atoms with Gasteiger partial charge in [-0.15, -0.1) is 0 Å². The minimum Gasteiger partial charge on any atom is -0.494 e. The molecule has 2 aliphatic rings. The van der Waals surface area contributed by atoms with Crippen molar-refractivity contribution in [3.05, 3.63) is 17.7 Å². The van der Waals surface area contributed by atoms with Gasteiger partial charge in [0.05, 0.1) is 18.4 Å². The lowest BCUT2D eigenvalue weighted by atomic mass is 9.91. The predicted molar refractivity (Wildman–Crippen MR) is 110 cm³/mol. The van der Waals surface area contributed by atoms with Crippen LogP contribution in [0.5, 0.6) is 5.75 Å². The van der Waals surface area contributed by atoms with Crippen LogP contribution in [0.15, 0.2) is 12.1 Å². The molecule has 0 saturated carbocycles. The molecule has 0 aliphatic carbocycles. The number of rotatable bonds is 5. The van der Waals surface area contributed by atoms with Crippen molar-refractivity contribution >= 4 is 32.7 Å². The Balaban J connectivity index is 1.54. The number of benzene rings is 1. The minimum absolute atomic E-state index is 0.141. The smallest absolute Gasteiger partial charge is 0.323 e. The molecular weight excluding hydrogens is 378 g/mol. The first-order chi connectivity index (χ1) is 13.7. The van der Waals surface area contributed by atoms with E-state index in [-0.39, 0.29) is 6.03 Å². The molecule has 1 aromatic carbocycles. The maximum atomic E-state index is 12.6. The molecule has 8 heteroatoms. The van der Waals surface area contributed by atoms with Gasteiger partial charge in [0.2, 0.25) is 0 Å². The molecule has 1 atom stereocenters. The molecule has 1 N–H and O–H groups in total. The van der Waals surface area contributed by atoms with Crippen molar-refractivity contribution in [2.24, 2.45) is 5.92 Å². The summed E-state index contributed by atoms with van der Waals surface area (Å²) in [6.07, 6.45) is 3.02. The SMILES string of the molecule is COc1ccc(C2CCOCC2)c2sc(NC(=O)N(C)CC3CCOC3)nc12. The highest BCUT2D eigenvalue weighted by molar-refractivity contribution is 7.22. The van der Waals surface area contributed by atoms with E-state index < -0.39 is 0 Å². The molecule has 0 bridgehead atoms. The van der Waals surface area contributed by atoms with E-state index in [2.05, 4.69) is 16.4 Å². The van der Waals surface area contributed by atoms with E-state index in [1.165, 1.54) is 16.9 Å². The molecule has 1 aromatic heterocycles. The number of urea groups is 1. The van der Waals surface area contributed by atoms with Crippen LogP contribution in [0.2, 0.25) is 0 Å². The Morgan fingerprint density at radius 1 is 1.29 bits per heavy atom. The number of hydrogen-bond acceptors (Lipinski definition) is 6. The summed E-state index contributed by atoms with van der Waals surface area (Å²) in [6, 6.07) is 3.97. The first-order valence-electron chi connectivity index (χ1n) is 9.80. The Bertz CT molecular complexity index is 828. The van der Waals surface area contributed by atoms with Gasteiger partial charge in [-0.25, -0.2) is 9.78 Å². The molecule has 2 aliphatic heterocycles. The maximum Gasteiger partial charge on any atom is 0.323 e. The highest BCUT2D eigenvalue weighted by Crippen LogP contribution is 2.40. The van der Waals surface area contributed by atoms with Gasteiger partial charge in [-0.3, -0.25) is 5.32 Å². The summed E-state index contributed by atoms with van der Waals surface area (Å²) < 4.78 is 17.5. The lowest BCUT2D eigenvalue weighted by molar-refractivity contribution is 0.0856. The zero-order valence-corrected chi connectivity index (χ0v) is 17.2. The number of nitrogens with one attached hydrogen (secondary N) is 1. The Kier molecular flexibility index (Phi) is 5.99. The van der Waals surface area contributed by atoms with Gasteiger partial charge >= 0.3 is 6.03 Å². The second-order valence-corrected chi connectivity index (χ2v) is 8.48. The van der Waals surface area contributed by atoms with E-state index in [0.717, 1.165) is 61.7 Å². The third-order valence-corrected chi connectivity index (χ3v) is 6.55. The summed E-state index contributed by atoms with van der Waals surface area (Å²) >= 11 is 1.52. The topological polar surface area (TPSA) is 72.9 Å². The normalized spacial score (nSPS) is 20.4. The number of anilines is 1. The summed E-state index contributed by atoms with van der Waals surface area (Å²) in [7, 11) is 3.47. The monoisotopic (exact) mass is 405 g/mol. The van der Waals surface area contributed by atoms with Gasteiger partial charge < -0.3 is 19.1 Å². The van der Waals surface area contributed by atoms with Crippen LogP contribution in [-0.4, -0.2) is 63.0 Å². The second-order valence-electron chi connectivity index (χ2n) is 7.48. The van der Waals surface area contributed by atoms with Gasteiger partial charge in [0.15, 0.2) is 5.13 Å². The average molecular weight is 406 g/mol. The molecule has 4 rings (SSSR count). The Labute approximate surface area is 169 Å². The van der Waals surface area contributed by atoms with Gasteiger partial charge in [0, 0.05) is 39.3 Å². The van der Waals surface area contributed by atoms with E-state index in [0.29, 0.717) is 23.5 Å². The lowest BCUT2D eigenvalue weighted by Crippen LogP contribution is -2.35. The number of methoxy groups -OCH3 is 1. The molecule has 1 unspecified atom stereocenters. The van der Waals surface area contributed by atoms with Crippen LogP contribution in [0.1, 0.15) is 30.7 Å². The minimum atomic E-state index is -0.141. The zero-order chi connectivity index (χ0) is 19.5. The van der Waals surface area contributed by atoms with Crippen molar-refractivity contribution < 1.29 is 19.0 Å². The number of fused-ring (bicyclic) bond motifs is 1. The third-order valence-electron chi connectivity index (χ3n) is 5.53. The van der Waals surface area contributed by atoms with Gasteiger partial charge in [-0.2, -0.15) is 0 Å². The van der Waals surface area contributed by atoms with Crippen LogP contribution in [-0.2, 0) is 9.47 Å². The summed E-state index contributed by atoms with van der Waals surface area (Å²) in [4.78, 5) is 19.0. The van der Waals surface area contributed by atoms with Crippen LogP contribution in [0, 0.1) is 5.92 Å². The van der Waals surface area contributed by atoms with Crippen molar-refractivity contribution in [1.82, 2.24) is 9.88 Å². The molecular formula is C20H27N3O4S. The number of carbonyl (C=O) groups excluding carboxylic acids is 1. The molecule has 2 fully saturated rings. The molecule has 7 nitrogen and oxygen atoms in total. The number of thiazole rings is 1. The Morgan fingerprint density at radius 3 is 2.79 bits per heavy atom. The molecule has 0 spiro atoms. The average Bonchev–Trinajstić information content (AvgIpc) is 3.37. The van der Waals surface area contributed by atoms with E-state index in [1.54, 1.807) is 12.0 Å². The maximum absolute atomic E-state index is 12.6. The lowest BCUT2D eigenvalue weighted by Gasteiger charge is -2.23. The van der Waals surface area contributed by atoms with Crippen molar-refractivity contribution in [3.63, 3.8) is 0 Å². The fraction of sp³-hybridized carbons (Fsp3) is 0.600. The molecule has 152 valence electrons. The Morgan fingerprint density at radius 2 is 2.07 bits per heavy atom. The standard InChI is InChI=1S/C20H27N3O4S/c1-23(11-13-5-8-27-12-13)20(24)22-19-21-17-16(25-2)4-3-15(18(17)28-19)14-6-9-26-10-7-14/h3-4,13-14H,5-12H2,1-2H3,(H,21,22,24). The number of aromatic nitrogens is 1. The fourth-order valence-electron chi connectivity index (χ4n) is 3.94. The molecule has 28 heavy (non-hydrogen) atoms. The summed E-state index contributed by atoms with van der Waals surface area (Å²) in [5.41, 5.74) is 2.09. The molecule has 0 radical (unpaired) electrons. The number of ether oxygens (including phenoxy) is 3. The Hall–Kier alpha value is -1.90. The number of amides is 2. The number of carbonyl (C=O) groups is 1. The van der Waals surface area contributed by atoms with Crippen molar-refractivity contribution in [2.45, 2.75) is 25.2 Å². The largest absolute Gasteiger partial charge is 0.494 e. The van der Waals surface area contributed by atoms with Crippen LogP contribution < -0.4 is 10.1 Å². The van der Waals surface area contributed by atoms with Crippen molar-refractivity contribution in [2.75, 3.05) is 52.4 Å². The van der Waals surface area contributed by atoms with Crippen LogP contribution in [0.4, 0.5) is 9.93 Å². The van der Waals surface area contributed by atoms with Gasteiger partial charge in [0.1, 0.15) is 11.3 Å². The van der Waals surface area contributed by atoms with Crippen LogP contribution >= 0.6 is 11.3 Å². The van der Waals surface area contributed by atoms with E-state index in [9.17, 15) is 4.79 Å². The molecule has 3 heterocycles. The van der Waals surface area contributed by atoms with E-state index in [1.807, 2.05) is 13.1 Å². The highest BCUT2D eigenvalue weighted by atomic mass is 32.1. The summed E-state index contributed by atoms with van der Waals surface area (Å²) in [5, 5.41) is 3.56. The van der Waals surface area contributed by atoms with Crippen molar-refractivity contribution in [3.8, 4) is 5.75 Å². The fourth-order valence-corrected chi connectivity index (χ4v) is 5.00. The molecule has 2 saturated heterocycles. The first kappa shape index (κ1) is 19.4. The summed E-state index contributed by atoms with van der Waals surface area (Å²) in [6.45, 7) is 3.77. The third kappa shape index (κ3) is 4.09. The van der Waals surface area contributed by atoms with Crippen LogP contribution in [0.3, 0.4) is 0 Å². The number of nitrogens with zero attached hydrogens (tertiary/aromatic N) is 2. The van der Waals surface area contributed by atoms with Crippen LogP contribution in [0.25, 0.3) is 10.2 Å². The molecule has 2 amide bonds. The zero-order valence-electron chi connectivity index (χ0n) is 16.4. The number of hydrogen-bond donors (Lipinski definition) is 1. The predicted octanol–water partition coefficient (Wildman–Crippen LogP) is 3.70. The second kappa shape index (κ2) is 8.63. The van der Waals surface area contributed by atoms with Gasteiger partial charge in [0.25, 0.3) is 0 Å².